The molecule has 10 heteroatoms. The van der Waals surface area contributed by atoms with Crippen molar-refractivity contribution in [2.45, 2.75) is 33.6 Å². The largest absolute Gasteiger partial charge is 0.493 e. The molecule has 0 aliphatic rings. The number of hydrogen-bond acceptors (Lipinski definition) is 6. The first-order chi connectivity index (χ1) is 18.1. The summed E-state index contributed by atoms with van der Waals surface area (Å²) in [7, 11) is 3.54. The molecular formula is C28H39ClN5O4+. The second kappa shape index (κ2) is 15.1. The summed E-state index contributed by atoms with van der Waals surface area (Å²) < 4.78 is 5.55. The lowest BCUT2D eigenvalue weighted by Crippen LogP contribution is -2.83. The van der Waals surface area contributed by atoms with Gasteiger partial charge in [0.1, 0.15) is 11.4 Å². The molecule has 2 aromatic carbocycles. The molecule has 0 saturated carbocycles. The van der Waals surface area contributed by atoms with E-state index in [4.69, 9.17) is 16.3 Å². The third-order valence-corrected chi connectivity index (χ3v) is 5.92. The number of primary amides is 1. The number of quaternary nitrogens is 1. The number of amides is 3. The number of para-hydroxylation sites is 1. The van der Waals surface area contributed by atoms with Crippen LogP contribution in [0.2, 0.25) is 5.02 Å². The Balaban J connectivity index is 2.12. The first-order valence-electron chi connectivity index (χ1n) is 12.6. The van der Waals surface area contributed by atoms with Crippen LogP contribution in [0.1, 0.15) is 44.0 Å². The monoisotopic (exact) mass is 544 g/mol. The number of nitrogens with two attached hydrogens (primary N) is 1. The fourth-order valence-corrected chi connectivity index (χ4v) is 3.91. The number of hydrogen-bond donors (Lipinski definition) is 5. The van der Waals surface area contributed by atoms with Gasteiger partial charge in [0.15, 0.2) is 5.70 Å². The number of benzene rings is 2. The molecule has 0 aliphatic carbocycles. The van der Waals surface area contributed by atoms with E-state index in [1.165, 1.54) is 5.32 Å². The molecule has 0 fully saturated rings. The van der Waals surface area contributed by atoms with Crippen molar-refractivity contribution in [3.8, 4) is 5.75 Å². The molecule has 0 aromatic heterocycles. The molecule has 38 heavy (non-hydrogen) atoms. The van der Waals surface area contributed by atoms with Crippen molar-refractivity contribution in [1.29, 1.82) is 0 Å². The Morgan fingerprint density at radius 1 is 1.05 bits per heavy atom. The zero-order valence-corrected chi connectivity index (χ0v) is 23.5. The standard InChI is InChI=1S/C28H38ClN5O4/c1-6-38-23-13-12-19(29)16-21(23)26(36)32-18-28(2,3)17-24(35)34-25(22(31-5)14-15-30-4)27(37)33-20-10-8-7-9-11-20/h7-13,16,30-31H,6,14-15,17-18H2,1-5H3,(H,32,36)(H,33,37)(H,34,35)/p+1/b25-22+. The fourth-order valence-electron chi connectivity index (χ4n) is 3.74. The highest BCUT2D eigenvalue weighted by Crippen LogP contribution is 2.24. The Bertz CT molecular complexity index is 1140. The van der Waals surface area contributed by atoms with Gasteiger partial charge in [-0.2, -0.15) is 0 Å². The molecule has 0 unspecified atom stereocenters. The normalized spacial score (nSPS) is 11.8. The third kappa shape index (κ3) is 9.81. The molecule has 9 nitrogen and oxygen atoms in total. The number of carbonyl (C=O) groups is 3. The van der Waals surface area contributed by atoms with Crippen LogP contribution in [-0.4, -0.2) is 51.5 Å². The van der Waals surface area contributed by atoms with Gasteiger partial charge in [-0.25, -0.2) is 10.1 Å². The lowest BCUT2D eigenvalue weighted by Gasteiger charge is -2.25. The van der Waals surface area contributed by atoms with Gasteiger partial charge >= 0.3 is 5.91 Å². The predicted octanol–water partition coefficient (Wildman–Crippen LogP) is 2.46. The molecule has 2 aromatic rings. The third-order valence-electron chi connectivity index (χ3n) is 5.69. The van der Waals surface area contributed by atoms with Crippen molar-refractivity contribution in [2.24, 2.45) is 5.41 Å². The second-order valence-electron chi connectivity index (χ2n) is 9.52. The SMILES string of the molecule is CCOc1ccc(Cl)cc1C(=O)NCC(C)(C)CC(=O)N/C(C(=O)[NH2+]c1ccccc1)=C(\CCNC)NC. The second-order valence-corrected chi connectivity index (χ2v) is 9.96. The number of nitrogens with one attached hydrogen (secondary N) is 4. The Hall–Kier alpha value is -3.40. The van der Waals surface area contributed by atoms with Gasteiger partial charge in [-0.15, -0.1) is 0 Å². The topological polar surface area (TPSA) is 125 Å². The molecule has 6 N–H and O–H groups in total. The highest BCUT2D eigenvalue weighted by molar-refractivity contribution is 6.31. The summed E-state index contributed by atoms with van der Waals surface area (Å²) in [5.74, 6) is -0.541. The van der Waals surface area contributed by atoms with E-state index in [0.29, 0.717) is 41.6 Å². The number of ether oxygens (including phenoxy) is 1. The van der Waals surface area contributed by atoms with Gasteiger partial charge in [-0.1, -0.05) is 43.6 Å². The Labute approximate surface area is 229 Å². The summed E-state index contributed by atoms with van der Waals surface area (Å²) in [6, 6.07) is 14.1. The van der Waals surface area contributed by atoms with Gasteiger partial charge in [0, 0.05) is 43.7 Å². The lowest BCUT2D eigenvalue weighted by atomic mass is 9.88. The predicted molar refractivity (Wildman–Crippen MR) is 149 cm³/mol. The maximum absolute atomic E-state index is 13.2. The minimum Gasteiger partial charge on any atom is -0.493 e. The first-order valence-corrected chi connectivity index (χ1v) is 13.0. The van der Waals surface area contributed by atoms with Crippen molar-refractivity contribution in [1.82, 2.24) is 21.3 Å². The number of halogens is 1. The van der Waals surface area contributed by atoms with Gasteiger partial charge in [0.25, 0.3) is 5.91 Å². The summed E-state index contributed by atoms with van der Waals surface area (Å²) >= 11 is 6.08. The van der Waals surface area contributed by atoms with Gasteiger partial charge in [-0.3, -0.25) is 9.59 Å². The molecule has 0 atom stereocenters. The van der Waals surface area contributed by atoms with Crippen LogP contribution in [-0.2, 0) is 9.59 Å². The van der Waals surface area contributed by atoms with E-state index < -0.39 is 5.41 Å². The molecule has 206 valence electrons. The Morgan fingerprint density at radius 3 is 2.39 bits per heavy atom. The summed E-state index contributed by atoms with van der Waals surface area (Å²) in [6.45, 7) is 6.83. The molecule has 0 heterocycles. The van der Waals surface area contributed by atoms with Crippen molar-refractivity contribution < 1.29 is 24.4 Å². The van der Waals surface area contributed by atoms with Crippen LogP contribution < -0.4 is 31.3 Å². The highest BCUT2D eigenvalue weighted by Gasteiger charge is 2.27. The summed E-state index contributed by atoms with van der Waals surface area (Å²) in [5.41, 5.74) is 1.29. The van der Waals surface area contributed by atoms with E-state index in [9.17, 15) is 14.4 Å². The summed E-state index contributed by atoms with van der Waals surface area (Å²) in [6.07, 6.45) is 0.602. The molecule has 0 spiro atoms. The molecule has 0 saturated heterocycles. The Kier molecular flexibility index (Phi) is 12.3. The van der Waals surface area contributed by atoms with Crippen molar-refractivity contribution in [3.05, 3.63) is 70.5 Å². The number of carbonyl (C=O) groups excluding carboxylic acids is 3. The van der Waals surface area contributed by atoms with Crippen LogP contribution in [0.15, 0.2) is 59.9 Å². The molecule has 2 rings (SSSR count). The van der Waals surface area contributed by atoms with E-state index in [0.717, 1.165) is 5.69 Å². The zero-order chi connectivity index (χ0) is 28.1. The van der Waals surface area contributed by atoms with E-state index in [2.05, 4.69) is 21.3 Å². The van der Waals surface area contributed by atoms with Crippen LogP contribution in [0.5, 0.6) is 5.75 Å². The maximum atomic E-state index is 13.2. The van der Waals surface area contributed by atoms with E-state index in [-0.39, 0.29) is 36.4 Å². The van der Waals surface area contributed by atoms with Crippen LogP contribution in [0.25, 0.3) is 0 Å². The van der Waals surface area contributed by atoms with Gasteiger partial charge in [0.05, 0.1) is 12.2 Å². The average molecular weight is 545 g/mol. The van der Waals surface area contributed by atoms with Crippen molar-refractivity contribution >= 4 is 35.0 Å². The van der Waals surface area contributed by atoms with Gasteiger partial charge in [0.2, 0.25) is 5.91 Å². The highest BCUT2D eigenvalue weighted by atomic mass is 35.5. The maximum Gasteiger partial charge on any atom is 0.365 e. The van der Waals surface area contributed by atoms with Gasteiger partial charge in [-0.05, 0) is 49.7 Å². The van der Waals surface area contributed by atoms with Crippen LogP contribution in [0.4, 0.5) is 5.69 Å². The quantitative estimate of drug-likeness (QED) is 0.184. The fraction of sp³-hybridized carbons (Fsp3) is 0.393. The molecule has 3 amide bonds. The van der Waals surface area contributed by atoms with E-state index >= 15 is 0 Å². The molecule has 0 radical (unpaired) electrons. The Morgan fingerprint density at radius 2 is 1.76 bits per heavy atom. The lowest BCUT2D eigenvalue weighted by molar-refractivity contribution is -0.479. The number of rotatable bonds is 14. The molecular weight excluding hydrogens is 506 g/mol. The zero-order valence-electron chi connectivity index (χ0n) is 22.7. The minimum atomic E-state index is -0.605. The van der Waals surface area contributed by atoms with E-state index in [1.807, 2.05) is 58.2 Å². The molecule has 0 aliphatic heterocycles. The summed E-state index contributed by atoms with van der Waals surface area (Å²) in [4.78, 5) is 39.2. The summed E-state index contributed by atoms with van der Waals surface area (Å²) in [5, 5.41) is 13.7. The van der Waals surface area contributed by atoms with Crippen LogP contribution in [0, 0.1) is 5.41 Å². The minimum absolute atomic E-state index is 0.0757. The molecule has 0 bridgehead atoms. The van der Waals surface area contributed by atoms with Crippen LogP contribution >= 0.6 is 11.6 Å². The van der Waals surface area contributed by atoms with Gasteiger partial charge < -0.3 is 26.0 Å². The van der Waals surface area contributed by atoms with E-state index in [1.54, 1.807) is 25.2 Å². The smallest absolute Gasteiger partial charge is 0.365 e. The van der Waals surface area contributed by atoms with Crippen molar-refractivity contribution in [3.63, 3.8) is 0 Å². The van der Waals surface area contributed by atoms with Crippen molar-refractivity contribution in [2.75, 3.05) is 33.8 Å². The first kappa shape index (κ1) is 30.8. The van der Waals surface area contributed by atoms with Crippen LogP contribution in [0.3, 0.4) is 0 Å². The average Bonchev–Trinajstić information content (AvgIpc) is 2.88.